The maximum absolute atomic E-state index is 2.68. The first kappa shape index (κ1) is 19.3. The van der Waals surface area contributed by atoms with E-state index in [0.29, 0.717) is 8.84 Å². The minimum Gasteiger partial charge on any atom is -0.0789 e. The molecule has 0 atom stereocenters. The zero-order chi connectivity index (χ0) is 17.1. The van der Waals surface area contributed by atoms with Gasteiger partial charge in [0.05, 0.1) is 0 Å². The summed E-state index contributed by atoms with van der Waals surface area (Å²) >= 11 is 2.68. The summed E-state index contributed by atoms with van der Waals surface area (Å²) in [5.74, 6) is 0. The fourth-order valence-corrected chi connectivity index (χ4v) is 4.05. The summed E-state index contributed by atoms with van der Waals surface area (Å²) in [6.07, 6.45) is 12.1. The van der Waals surface area contributed by atoms with Crippen LogP contribution in [0.2, 0.25) is 0 Å². The van der Waals surface area contributed by atoms with E-state index in [4.69, 9.17) is 0 Å². The molecule has 0 nitrogen and oxygen atoms in total. The lowest BCUT2D eigenvalue weighted by molar-refractivity contribution is 0.313. The molecule has 0 bridgehead atoms. The average molecular weight is 426 g/mol. The van der Waals surface area contributed by atoms with Gasteiger partial charge in [0, 0.05) is 3.42 Å². The van der Waals surface area contributed by atoms with Crippen molar-refractivity contribution in [3.05, 3.63) is 34.4 Å². The van der Waals surface area contributed by atoms with E-state index in [1.165, 1.54) is 68.9 Å². The quantitative estimate of drug-likeness (QED) is 0.286. The first-order chi connectivity index (χ1) is 10.7. The number of benzene rings is 1. The molecule has 0 spiro atoms. The summed E-state index contributed by atoms with van der Waals surface area (Å²) in [6.45, 7) is 11.7. The lowest BCUT2D eigenvalue weighted by Crippen LogP contribution is -2.10. The third-order valence-corrected chi connectivity index (χ3v) is 7.53. The van der Waals surface area contributed by atoms with Gasteiger partial charge in [0.25, 0.3) is 0 Å². The van der Waals surface area contributed by atoms with Crippen LogP contribution in [0.25, 0.3) is 0 Å². The molecule has 0 aliphatic heterocycles. The Labute approximate surface area is 158 Å². The highest BCUT2D eigenvalue weighted by atomic mass is 127. The second-order valence-electron chi connectivity index (χ2n) is 8.58. The molecule has 0 heterocycles. The summed E-state index contributed by atoms with van der Waals surface area (Å²) in [5.41, 5.74) is 6.68. The van der Waals surface area contributed by atoms with Crippen LogP contribution in [0.1, 0.15) is 88.0 Å². The molecule has 1 heteroatoms. The molecule has 1 aromatic carbocycles. The molecule has 1 aliphatic carbocycles. The highest BCUT2D eigenvalue weighted by Crippen LogP contribution is 2.48. The Kier molecular flexibility index (Phi) is 6.61. The van der Waals surface area contributed by atoms with Crippen LogP contribution in [-0.4, -0.2) is 3.42 Å². The van der Waals surface area contributed by atoms with Crippen molar-refractivity contribution in [1.82, 2.24) is 0 Å². The van der Waals surface area contributed by atoms with E-state index in [1.54, 1.807) is 11.1 Å². The van der Waals surface area contributed by atoms with Crippen molar-refractivity contribution >= 4 is 22.6 Å². The van der Waals surface area contributed by atoms with Crippen LogP contribution >= 0.6 is 22.6 Å². The number of hydrogen-bond donors (Lipinski definition) is 0. The van der Waals surface area contributed by atoms with Crippen LogP contribution in [0.5, 0.6) is 0 Å². The number of halogens is 1. The third-order valence-electron chi connectivity index (χ3n) is 5.91. The zero-order valence-corrected chi connectivity index (χ0v) is 18.1. The normalized spacial score (nSPS) is 16.6. The lowest BCUT2D eigenvalue weighted by atomic mass is 9.83. The molecule has 0 radical (unpaired) electrons. The second kappa shape index (κ2) is 7.89. The van der Waals surface area contributed by atoms with Crippen molar-refractivity contribution in [2.45, 2.75) is 95.8 Å². The van der Waals surface area contributed by atoms with Crippen LogP contribution in [-0.2, 0) is 12.8 Å². The van der Waals surface area contributed by atoms with Crippen molar-refractivity contribution in [2.75, 3.05) is 0 Å². The van der Waals surface area contributed by atoms with Crippen molar-refractivity contribution in [1.29, 1.82) is 0 Å². The second-order valence-corrected chi connectivity index (χ2v) is 10.9. The fourth-order valence-electron chi connectivity index (χ4n) is 3.40. The van der Waals surface area contributed by atoms with Crippen molar-refractivity contribution in [3.8, 4) is 0 Å². The van der Waals surface area contributed by atoms with E-state index in [1.807, 2.05) is 0 Å². The van der Waals surface area contributed by atoms with Gasteiger partial charge in [0.15, 0.2) is 0 Å². The van der Waals surface area contributed by atoms with Crippen molar-refractivity contribution < 1.29 is 0 Å². The topological polar surface area (TPSA) is 0 Å². The average Bonchev–Trinajstić information content (AvgIpc) is 3.21. The van der Waals surface area contributed by atoms with Gasteiger partial charge in [0.2, 0.25) is 0 Å². The number of hydrogen-bond acceptors (Lipinski definition) is 0. The molecule has 23 heavy (non-hydrogen) atoms. The maximum atomic E-state index is 2.68. The highest BCUT2D eigenvalue weighted by molar-refractivity contribution is 14.1. The van der Waals surface area contributed by atoms with Crippen LogP contribution in [0.4, 0.5) is 0 Å². The van der Waals surface area contributed by atoms with Crippen molar-refractivity contribution in [2.24, 2.45) is 5.41 Å². The molecule has 1 saturated carbocycles. The van der Waals surface area contributed by atoms with Gasteiger partial charge in [0.1, 0.15) is 0 Å². The maximum Gasteiger partial charge on any atom is 0.0223 e. The van der Waals surface area contributed by atoms with E-state index < -0.39 is 0 Å². The first-order valence-electron chi connectivity index (χ1n) is 9.53. The minimum atomic E-state index is 0.500. The van der Waals surface area contributed by atoms with Crippen LogP contribution < -0.4 is 0 Å². The standard InChI is InChI=1S/C22H35I/c1-6-21(4,5)11-7-9-19-16-20(18(3)15-17(19)2)10-8-12-22(23)13-14-22/h15-16H,6-14H2,1-5H3. The van der Waals surface area contributed by atoms with Gasteiger partial charge in [-0.2, -0.15) is 0 Å². The molecule has 0 saturated heterocycles. The Morgan fingerprint density at radius 3 is 2.09 bits per heavy atom. The molecule has 0 N–H and O–H groups in total. The Morgan fingerprint density at radius 1 is 1.00 bits per heavy atom. The Bertz CT molecular complexity index is 523. The van der Waals surface area contributed by atoms with E-state index in [9.17, 15) is 0 Å². The third kappa shape index (κ3) is 6.07. The number of alkyl halides is 1. The molecular formula is C22H35I. The van der Waals surface area contributed by atoms with Crippen LogP contribution in [0.15, 0.2) is 12.1 Å². The van der Waals surface area contributed by atoms with E-state index in [2.05, 4.69) is 69.3 Å². The fraction of sp³-hybridized carbons (Fsp3) is 0.727. The van der Waals surface area contributed by atoms with E-state index >= 15 is 0 Å². The first-order valence-corrected chi connectivity index (χ1v) is 10.6. The van der Waals surface area contributed by atoms with Gasteiger partial charge in [-0.3, -0.25) is 0 Å². The van der Waals surface area contributed by atoms with Gasteiger partial charge < -0.3 is 0 Å². The summed E-state index contributed by atoms with van der Waals surface area (Å²) in [4.78, 5) is 0. The monoisotopic (exact) mass is 426 g/mol. The molecule has 1 aliphatic rings. The Balaban J connectivity index is 1.92. The minimum absolute atomic E-state index is 0.500. The summed E-state index contributed by atoms with van der Waals surface area (Å²) in [7, 11) is 0. The number of aryl methyl sites for hydroxylation is 4. The van der Waals surface area contributed by atoms with Crippen molar-refractivity contribution in [3.63, 3.8) is 0 Å². The van der Waals surface area contributed by atoms with Gasteiger partial charge in [-0.15, -0.1) is 0 Å². The molecule has 0 amide bonds. The summed E-state index contributed by atoms with van der Waals surface area (Å²) in [6, 6.07) is 4.95. The van der Waals surface area contributed by atoms with Crippen LogP contribution in [0.3, 0.4) is 0 Å². The van der Waals surface area contributed by atoms with Gasteiger partial charge in [-0.05, 0) is 92.9 Å². The smallest absolute Gasteiger partial charge is 0.0223 e. The highest BCUT2D eigenvalue weighted by Gasteiger charge is 2.38. The van der Waals surface area contributed by atoms with Crippen LogP contribution in [0, 0.1) is 19.3 Å². The Hall–Kier alpha value is -0.0500. The molecule has 2 rings (SSSR count). The Morgan fingerprint density at radius 2 is 1.57 bits per heavy atom. The molecule has 1 fully saturated rings. The molecule has 0 aromatic heterocycles. The van der Waals surface area contributed by atoms with Gasteiger partial charge in [-0.1, -0.05) is 61.9 Å². The molecular weight excluding hydrogens is 391 g/mol. The molecule has 0 unspecified atom stereocenters. The molecule has 130 valence electrons. The van der Waals surface area contributed by atoms with Gasteiger partial charge in [-0.25, -0.2) is 0 Å². The summed E-state index contributed by atoms with van der Waals surface area (Å²) < 4.78 is 0.672. The lowest BCUT2D eigenvalue weighted by Gasteiger charge is -2.22. The number of rotatable bonds is 9. The predicted octanol–water partition coefficient (Wildman–Crippen LogP) is 7.35. The largest absolute Gasteiger partial charge is 0.0789 e. The predicted molar refractivity (Wildman–Crippen MR) is 112 cm³/mol. The van der Waals surface area contributed by atoms with E-state index in [0.717, 1.165) is 0 Å². The zero-order valence-electron chi connectivity index (χ0n) is 15.9. The SMILES string of the molecule is CCC(C)(C)CCCc1cc(CCCC2(I)CC2)c(C)cc1C. The molecule has 1 aromatic rings. The summed E-state index contributed by atoms with van der Waals surface area (Å²) in [5, 5.41) is 0. The van der Waals surface area contributed by atoms with Gasteiger partial charge >= 0.3 is 0 Å². The van der Waals surface area contributed by atoms with E-state index in [-0.39, 0.29) is 0 Å².